The number of hydrogen-bond acceptors (Lipinski definition) is 4. The Balaban J connectivity index is 1.57. The first-order chi connectivity index (χ1) is 13.7. The standard InChI is InChI=1S/C20H21F3N2O4/c1-13(14-6-8-16(9-7-14)29-20(21,22)23)24-18(26)15-4-2-10-25(12-15)19(27)17-5-3-11-28-17/h3,5-9,11,13,15H,2,4,10,12H2,1H3,(H,24,26). The summed E-state index contributed by atoms with van der Waals surface area (Å²) < 4.78 is 45.7. The summed E-state index contributed by atoms with van der Waals surface area (Å²) in [5, 5.41) is 2.86. The first-order valence-electron chi connectivity index (χ1n) is 9.22. The molecule has 0 spiro atoms. The monoisotopic (exact) mass is 410 g/mol. The molecule has 3 rings (SSSR count). The van der Waals surface area contributed by atoms with Crippen LogP contribution in [0.5, 0.6) is 5.75 Å². The van der Waals surface area contributed by atoms with Crippen molar-refractivity contribution >= 4 is 11.8 Å². The molecule has 0 saturated carbocycles. The number of alkyl halides is 3. The third-order valence-electron chi connectivity index (χ3n) is 4.78. The van der Waals surface area contributed by atoms with Gasteiger partial charge in [-0.2, -0.15) is 0 Å². The number of ether oxygens (including phenoxy) is 1. The fraction of sp³-hybridized carbons (Fsp3) is 0.400. The lowest BCUT2D eigenvalue weighted by atomic mass is 9.96. The van der Waals surface area contributed by atoms with Gasteiger partial charge in [0.15, 0.2) is 5.76 Å². The summed E-state index contributed by atoms with van der Waals surface area (Å²) in [6.45, 7) is 2.59. The molecule has 29 heavy (non-hydrogen) atoms. The predicted molar refractivity (Wildman–Crippen MR) is 97.0 cm³/mol. The lowest BCUT2D eigenvalue weighted by molar-refractivity contribution is -0.274. The molecule has 1 N–H and O–H groups in total. The molecule has 156 valence electrons. The third kappa shape index (κ3) is 5.52. The zero-order chi connectivity index (χ0) is 21.0. The van der Waals surface area contributed by atoms with Crippen molar-refractivity contribution < 1.29 is 31.9 Å². The van der Waals surface area contributed by atoms with Crippen LogP contribution in [0.3, 0.4) is 0 Å². The lowest BCUT2D eigenvalue weighted by Gasteiger charge is -2.32. The van der Waals surface area contributed by atoms with Crippen molar-refractivity contribution in [3.63, 3.8) is 0 Å². The van der Waals surface area contributed by atoms with Gasteiger partial charge in [0.25, 0.3) is 5.91 Å². The van der Waals surface area contributed by atoms with Crippen LogP contribution in [0.4, 0.5) is 13.2 Å². The van der Waals surface area contributed by atoms with Crippen molar-refractivity contribution in [3.05, 3.63) is 54.0 Å². The maximum absolute atomic E-state index is 12.6. The Labute approximate surface area is 165 Å². The summed E-state index contributed by atoms with van der Waals surface area (Å²) in [5.41, 5.74) is 0.646. The summed E-state index contributed by atoms with van der Waals surface area (Å²) in [5.74, 6) is -0.899. The van der Waals surface area contributed by atoms with Gasteiger partial charge in [-0.1, -0.05) is 12.1 Å². The number of benzene rings is 1. The Bertz CT molecular complexity index is 834. The van der Waals surface area contributed by atoms with Crippen molar-refractivity contribution in [2.45, 2.75) is 32.2 Å². The van der Waals surface area contributed by atoms with Crippen LogP contribution in [-0.4, -0.2) is 36.2 Å². The van der Waals surface area contributed by atoms with Crippen LogP contribution in [0.25, 0.3) is 0 Å². The highest BCUT2D eigenvalue weighted by atomic mass is 19.4. The molecule has 0 aliphatic carbocycles. The second-order valence-corrected chi connectivity index (χ2v) is 6.91. The minimum atomic E-state index is -4.75. The molecular formula is C20H21F3N2O4. The van der Waals surface area contributed by atoms with Crippen molar-refractivity contribution in [1.82, 2.24) is 10.2 Å². The Morgan fingerprint density at radius 1 is 1.24 bits per heavy atom. The average molecular weight is 410 g/mol. The molecule has 2 aromatic rings. The van der Waals surface area contributed by atoms with Gasteiger partial charge < -0.3 is 19.4 Å². The third-order valence-corrected chi connectivity index (χ3v) is 4.78. The minimum absolute atomic E-state index is 0.204. The van der Waals surface area contributed by atoms with Crippen molar-refractivity contribution in [1.29, 1.82) is 0 Å². The summed E-state index contributed by atoms with van der Waals surface area (Å²) in [4.78, 5) is 26.7. The van der Waals surface area contributed by atoms with Crippen LogP contribution in [0.2, 0.25) is 0 Å². The summed E-state index contributed by atoms with van der Waals surface area (Å²) in [6.07, 6.45) is -1.98. The molecule has 2 heterocycles. The normalized spacial score (nSPS) is 18.2. The van der Waals surface area contributed by atoms with Crippen LogP contribution in [0.1, 0.15) is 41.9 Å². The van der Waals surface area contributed by atoms with E-state index in [9.17, 15) is 22.8 Å². The van der Waals surface area contributed by atoms with Gasteiger partial charge in [0.05, 0.1) is 18.2 Å². The fourth-order valence-electron chi connectivity index (χ4n) is 3.30. The summed E-state index contributed by atoms with van der Waals surface area (Å²) in [7, 11) is 0. The second kappa shape index (κ2) is 8.59. The smallest absolute Gasteiger partial charge is 0.459 e. The number of rotatable bonds is 5. The summed E-state index contributed by atoms with van der Waals surface area (Å²) >= 11 is 0. The number of halogens is 3. The summed E-state index contributed by atoms with van der Waals surface area (Å²) in [6, 6.07) is 8.16. The van der Waals surface area contributed by atoms with E-state index in [1.54, 1.807) is 24.0 Å². The van der Waals surface area contributed by atoms with Crippen LogP contribution in [0.15, 0.2) is 47.1 Å². The topological polar surface area (TPSA) is 71.8 Å². The van der Waals surface area contributed by atoms with Gasteiger partial charge >= 0.3 is 6.36 Å². The van der Waals surface area contributed by atoms with E-state index in [0.717, 1.165) is 0 Å². The van der Waals surface area contributed by atoms with Crippen molar-refractivity contribution in [3.8, 4) is 5.75 Å². The maximum atomic E-state index is 12.6. The molecule has 1 aromatic carbocycles. The Hall–Kier alpha value is -2.97. The number of nitrogens with one attached hydrogen (secondary N) is 1. The molecule has 6 nitrogen and oxygen atoms in total. The van der Waals surface area contributed by atoms with Crippen molar-refractivity contribution in [2.24, 2.45) is 5.92 Å². The molecule has 1 saturated heterocycles. The van der Waals surface area contributed by atoms with E-state index in [-0.39, 0.29) is 35.8 Å². The first kappa shape index (κ1) is 20.8. The highest BCUT2D eigenvalue weighted by molar-refractivity contribution is 5.92. The number of piperidine rings is 1. The largest absolute Gasteiger partial charge is 0.573 e. The van der Waals surface area contributed by atoms with E-state index in [2.05, 4.69) is 10.1 Å². The van der Waals surface area contributed by atoms with Gasteiger partial charge in [-0.3, -0.25) is 9.59 Å². The number of amides is 2. The molecule has 2 amide bonds. The molecule has 2 unspecified atom stereocenters. The Morgan fingerprint density at radius 2 is 1.97 bits per heavy atom. The molecule has 9 heteroatoms. The molecule has 1 aromatic heterocycles. The highest BCUT2D eigenvalue weighted by Crippen LogP contribution is 2.25. The highest BCUT2D eigenvalue weighted by Gasteiger charge is 2.32. The number of carbonyl (C=O) groups is 2. The number of hydrogen-bond donors (Lipinski definition) is 1. The lowest BCUT2D eigenvalue weighted by Crippen LogP contribution is -2.45. The Morgan fingerprint density at radius 3 is 2.59 bits per heavy atom. The van der Waals surface area contributed by atoms with Gasteiger partial charge in [-0.15, -0.1) is 13.2 Å². The van der Waals surface area contributed by atoms with Crippen LogP contribution in [-0.2, 0) is 4.79 Å². The SMILES string of the molecule is CC(NC(=O)C1CCCN(C(=O)c2ccco2)C1)c1ccc(OC(F)(F)F)cc1. The number of likely N-dealkylation sites (tertiary alicyclic amines) is 1. The minimum Gasteiger partial charge on any atom is -0.459 e. The van der Waals surface area contributed by atoms with Gasteiger partial charge in [-0.05, 0) is 49.6 Å². The molecule has 0 bridgehead atoms. The number of furan rings is 1. The van der Waals surface area contributed by atoms with Crippen LogP contribution in [0, 0.1) is 5.92 Å². The zero-order valence-electron chi connectivity index (χ0n) is 15.7. The van der Waals surface area contributed by atoms with Gasteiger partial charge in [0.1, 0.15) is 5.75 Å². The molecule has 1 fully saturated rings. The number of carbonyl (C=O) groups excluding carboxylic acids is 2. The predicted octanol–water partition coefficient (Wildman–Crippen LogP) is 3.91. The van der Waals surface area contributed by atoms with Gasteiger partial charge in [-0.25, -0.2) is 0 Å². The number of nitrogens with zero attached hydrogens (tertiary/aromatic N) is 1. The van der Waals surface area contributed by atoms with E-state index in [1.165, 1.54) is 30.5 Å². The Kier molecular flexibility index (Phi) is 6.14. The van der Waals surface area contributed by atoms with E-state index in [0.29, 0.717) is 24.9 Å². The molecule has 0 radical (unpaired) electrons. The molecule has 1 aliphatic heterocycles. The molecule has 2 atom stereocenters. The first-order valence-corrected chi connectivity index (χ1v) is 9.22. The molecular weight excluding hydrogens is 389 g/mol. The van der Waals surface area contributed by atoms with Crippen LogP contribution >= 0.6 is 0 Å². The van der Waals surface area contributed by atoms with E-state index in [4.69, 9.17) is 4.42 Å². The van der Waals surface area contributed by atoms with Gasteiger partial charge in [0, 0.05) is 13.1 Å². The van der Waals surface area contributed by atoms with E-state index >= 15 is 0 Å². The zero-order valence-corrected chi connectivity index (χ0v) is 15.7. The fourth-order valence-corrected chi connectivity index (χ4v) is 3.30. The second-order valence-electron chi connectivity index (χ2n) is 6.91. The van der Waals surface area contributed by atoms with Gasteiger partial charge in [0.2, 0.25) is 5.91 Å². The molecule has 1 aliphatic rings. The van der Waals surface area contributed by atoms with Crippen LogP contribution < -0.4 is 10.1 Å². The van der Waals surface area contributed by atoms with Crippen molar-refractivity contribution in [2.75, 3.05) is 13.1 Å². The average Bonchev–Trinajstić information content (AvgIpc) is 3.21. The maximum Gasteiger partial charge on any atom is 0.573 e. The van der Waals surface area contributed by atoms with E-state index in [1.807, 2.05) is 0 Å². The quantitative estimate of drug-likeness (QED) is 0.811. The van der Waals surface area contributed by atoms with E-state index < -0.39 is 12.4 Å².